The number of carbonyl (C=O) groups is 3. The SMILES string of the molecule is CSc1ncccc1C(=O)N[C@H](CC(=O)O)C(=O)O. The minimum Gasteiger partial charge on any atom is -0.481 e. The van der Waals surface area contributed by atoms with Gasteiger partial charge >= 0.3 is 11.9 Å². The number of carboxylic acid groups (broad SMARTS) is 2. The molecule has 1 amide bonds. The maximum absolute atomic E-state index is 11.9. The highest BCUT2D eigenvalue weighted by atomic mass is 32.2. The van der Waals surface area contributed by atoms with Crippen LogP contribution in [-0.2, 0) is 9.59 Å². The molecule has 0 spiro atoms. The van der Waals surface area contributed by atoms with E-state index in [1.807, 2.05) is 0 Å². The van der Waals surface area contributed by atoms with Crippen molar-refractivity contribution < 1.29 is 24.6 Å². The van der Waals surface area contributed by atoms with E-state index in [0.717, 1.165) is 0 Å². The van der Waals surface area contributed by atoms with Crippen molar-refractivity contribution in [3.05, 3.63) is 23.9 Å². The summed E-state index contributed by atoms with van der Waals surface area (Å²) in [5, 5.41) is 20.0. The van der Waals surface area contributed by atoms with Gasteiger partial charge in [0.2, 0.25) is 0 Å². The fourth-order valence-electron chi connectivity index (χ4n) is 1.34. The summed E-state index contributed by atoms with van der Waals surface area (Å²) < 4.78 is 0. The van der Waals surface area contributed by atoms with Gasteiger partial charge in [0.15, 0.2) is 0 Å². The zero-order valence-electron chi connectivity index (χ0n) is 9.99. The molecule has 0 saturated carbocycles. The fourth-order valence-corrected chi connectivity index (χ4v) is 1.88. The number of nitrogens with zero attached hydrogens (tertiary/aromatic N) is 1. The van der Waals surface area contributed by atoms with E-state index < -0.39 is 30.3 Å². The summed E-state index contributed by atoms with van der Waals surface area (Å²) in [6.45, 7) is 0. The summed E-state index contributed by atoms with van der Waals surface area (Å²) in [4.78, 5) is 37.3. The van der Waals surface area contributed by atoms with Crippen LogP contribution in [0.5, 0.6) is 0 Å². The van der Waals surface area contributed by atoms with Crippen LogP contribution >= 0.6 is 11.8 Å². The third kappa shape index (κ3) is 4.25. The summed E-state index contributed by atoms with van der Waals surface area (Å²) in [7, 11) is 0. The summed E-state index contributed by atoms with van der Waals surface area (Å²) in [5.74, 6) is -3.36. The van der Waals surface area contributed by atoms with Crippen LogP contribution < -0.4 is 5.32 Å². The molecule has 0 fully saturated rings. The monoisotopic (exact) mass is 284 g/mol. The van der Waals surface area contributed by atoms with Crippen molar-refractivity contribution in [3.63, 3.8) is 0 Å². The van der Waals surface area contributed by atoms with Crippen molar-refractivity contribution in [3.8, 4) is 0 Å². The minimum atomic E-state index is -1.47. The molecule has 1 aromatic rings. The molecule has 19 heavy (non-hydrogen) atoms. The van der Waals surface area contributed by atoms with Crippen LogP contribution in [0.3, 0.4) is 0 Å². The summed E-state index contributed by atoms with van der Waals surface area (Å²) in [5.41, 5.74) is 0.214. The highest BCUT2D eigenvalue weighted by Gasteiger charge is 2.24. The molecule has 0 aromatic carbocycles. The average Bonchev–Trinajstić information content (AvgIpc) is 2.37. The van der Waals surface area contributed by atoms with Gasteiger partial charge in [-0.2, -0.15) is 0 Å². The number of carboxylic acids is 2. The molecule has 1 rings (SSSR count). The van der Waals surface area contributed by atoms with E-state index in [2.05, 4.69) is 10.3 Å². The first-order chi connectivity index (χ1) is 8.95. The molecular formula is C11H12N2O5S. The highest BCUT2D eigenvalue weighted by molar-refractivity contribution is 7.98. The van der Waals surface area contributed by atoms with Gasteiger partial charge in [-0.25, -0.2) is 9.78 Å². The van der Waals surface area contributed by atoms with E-state index in [9.17, 15) is 14.4 Å². The number of rotatable bonds is 6. The Morgan fingerprint density at radius 3 is 2.63 bits per heavy atom. The lowest BCUT2D eigenvalue weighted by molar-refractivity contribution is -0.145. The minimum absolute atomic E-state index is 0.214. The first kappa shape index (κ1) is 15.0. The normalized spacial score (nSPS) is 11.6. The van der Waals surface area contributed by atoms with E-state index in [4.69, 9.17) is 10.2 Å². The molecule has 1 aromatic heterocycles. The van der Waals surface area contributed by atoms with Crippen molar-refractivity contribution in [2.75, 3.05) is 6.26 Å². The van der Waals surface area contributed by atoms with Crippen molar-refractivity contribution in [1.82, 2.24) is 10.3 Å². The number of hydrogen-bond acceptors (Lipinski definition) is 5. The van der Waals surface area contributed by atoms with Crippen molar-refractivity contribution >= 4 is 29.6 Å². The molecule has 0 aliphatic carbocycles. The van der Waals surface area contributed by atoms with Gasteiger partial charge in [0.05, 0.1) is 12.0 Å². The molecule has 0 unspecified atom stereocenters. The second-order valence-electron chi connectivity index (χ2n) is 3.52. The lowest BCUT2D eigenvalue weighted by atomic mass is 10.2. The van der Waals surface area contributed by atoms with Crippen molar-refractivity contribution in [2.24, 2.45) is 0 Å². The molecule has 8 heteroatoms. The zero-order chi connectivity index (χ0) is 14.4. The molecule has 0 aliphatic rings. The Labute approximate surface area is 113 Å². The average molecular weight is 284 g/mol. The second-order valence-corrected chi connectivity index (χ2v) is 4.32. The van der Waals surface area contributed by atoms with Crippen LogP contribution in [-0.4, -0.2) is 45.3 Å². The molecular weight excluding hydrogens is 272 g/mol. The Hall–Kier alpha value is -2.09. The number of aliphatic carboxylic acids is 2. The van der Waals surface area contributed by atoms with Gasteiger partial charge in [-0.3, -0.25) is 9.59 Å². The quantitative estimate of drug-likeness (QED) is 0.650. The molecule has 7 nitrogen and oxygen atoms in total. The number of carbonyl (C=O) groups excluding carboxylic acids is 1. The lowest BCUT2D eigenvalue weighted by Crippen LogP contribution is -2.42. The molecule has 0 aliphatic heterocycles. The number of thioether (sulfide) groups is 1. The number of aromatic nitrogens is 1. The predicted octanol–water partition coefficient (Wildman–Crippen LogP) is 0.461. The summed E-state index contributed by atoms with van der Waals surface area (Å²) >= 11 is 1.24. The van der Waals surface area contributed by atoms with Gasteiger partial charge in [0.1, 0.15) is 11.1 Å². The predicted molar refractivity (Wildman–Crippen MR) is 67.2 cm³/mol. The molecule has 1 heterocycles. The van der Waals surface area contributed by atoms with Crippen LogP contribution in [0.15, 0.2) is 23.4 Å². The van der Waals surface area contributed by atoms with Crippen LogP contribution in [0, 0.1) is 0 Å². The Morgan fingerprint density at radius 2 is 2.11 bits per heavy atom. The van der Waals surface area contributed by atoms with Crippen molar-refractivity contribution in [1.29, 1.82) is 0 Å². The van der Waals surface area contributed by atoms with Gasteiger partial charge in [-0.1, -0.05) is 0 Å². The molecule has 0 radical (unpaired) electrons. The van der Waals surface area contributed by atoms with E-state index in [0.29, 0.717) is 5.03 Å². The Kier molecular flexibility index (Phi) is 5.31. The maximum Gasteiger partial charge on any atom is 0.326 e. The van der Waals surface area contributed by atoms with Gasteiger partial charge in [0, 0.05) is 6.20 Å². The van der Waals surface area contributed by atoms with Crippen LogP contribution in [0.1, 0.15) is 16.8 Å². The zero-order valence-corrected chi connectivity index (χ0v) is 10.8. The van der Waals surface area contributed by atoms with E-state index >= 15 is 0 Å². The van der Waals surface area contributed by atoms with Gasteiger partial charge in [-0.15, -0.1) is 11.8 Å². The standard InChI is InChI=1S/C11H12N2O5S/c1-19-10-6(3-2-4-12-10)9(16)13-7(11(17)18)5-8(14)15/h2-4,7H,5H2,1H3,(H,13,16)(H,14,15)(H,17,18)/t7-/m1/s1. The largest absolute Gasteiger partial charge is 0.481 e. The molecule has 3 N–H and O–H groups in total. The molecule has 0 saturated heterocycles. The third-order valence-corrected chi connectivity index (χ3v) is 2.90. The number of pyridine rings is 1. The van der Waals surface area contributed by atoms with Gasteiger partial charge < -0.3 is 15.5 Å². The Bertz CT molecular complexity index is 506. The van der Waals surface area contributed by atoms with Gasteiger partial charge in [-0.05, 0) is 18.4 Å². The Morgan fingerprint density at radius 1 is 1.42 bits per heavy atom. The molecule has 102 valence electrons. The highest BCUT2D eigenvalue weighted by Crippen LogP contribution is 2.16. The topological polar surface area (TPSA) is 117 Å². The lowest BCUT2D eigenvalue weighted by Gasteiger charge is -2.13. The number of hydrogen-bond donors (Lipinski definition) is 3. The van der Waals surface area contributed by atoms with Crippen LogP contribution in [0.2, 0.25) is 0 Å². The summed E-state index contributed by atoms with van der Waals surface area (Å²) in [6.07, 6.45) is 2.55. The molecule has 1 atom stereocenters. The summed E-state index contributed by atoms with van der Waals surface area (Å²) in [6, 6.07) is 1.56. The van der Waals surface area contributed by atoms with Crippen LogP contribution in [0.4, 0.5) is 0 Å². The number of nitrogens with one attached hydrogen (secondary N) is 1. The Balaban J connectivity index is 2.87. The van der Waals surface area contributed by atoms with Crippen LogP contribution in [0.25, 0.3) is 0 Å². The van der Waals surface area contributed by atoms with Crippen molar-refractivity contribution in [2.45, 2.75) is 17.5 Å². The molecule has 0 bridgehead atoms. The van der Waals surface area contributed by atoms with E-state index in [-0.39, 0.29) is 5.56 Å². The van der Waals surface area contributed by atoms with E-state index in [1.165, 1.54) is 24.0 Å². The smallest absolute Gasteiger partial charge is 0.326 e. The second kappa shape index (κ2) is 6.74. The first-order valence-corrected chi connectivity index (χ1v) is 6.42. The first-order valence-electron chi connectivity index (χ1n) is 5.20. The number of amides is 1. The third-order valence-electron chi connectivity index (χ3n) is 2.19. The fraction of sp³-hybridized carbons (Fsp3) is 0.273. The van der Waals surface area contributed by atoms with Gasteiger partial charge in [0.25, 0.3) is 5.91 Å². The van der Waals surface area contributed by atoms with E-state index in [1.54, 1.807) is 12.3 Å². The maximum atomic E-state index is 11.9.